The molecule has 3 aromatic carbocycles. The Morgan fingerprint density at radius 3 is 1.40 bits per heavy atom. The maximum Gasteiger partial charge on any atom is 0.131 e. The van der Waals surface area contributed by atoms with Crippen molar-refractivity contribution in [2.45, 2.75) is 12.1 Å². The zero-order chi connectivity index (χ0) is 21.3. The molecule has 0 saturated carbocycles. The summed E-state index contributed by atoms with van der Waals surface area (Å²) in [6.45, 7) is -0.206. The highest BCUT2D eigenvalue weighted by Crippen LogP contribution is 2.24. The van der Waals surface area contributed by atoms with Crippen LogP contribution in [0.3, 0.4) is 0 Å². The number of hydrogen-bond donors (Lipinski definition) is 6. The van der Waals surface area contributed by atoms with Gasteiger partial charge in [0.15, 0.2) is 0 Å². The minimum Gasteiger partial charge on any atom is -0.600 e. The number of anilines is 2. The van der Waals surface area contributed by atoms with Gasteiger partial charge in [0.05, 0.1) is 0 Å². The van der Waals surface area contributed by atoms with Gasteiger partial charge in [0.1, 0.15) is 25.2 Å². The van der Waals surface area contributed by atoms with E-state index in [4.69, 9.17) is 0 Å². The molecule has 2 unspecified atom stereocenters. The van der Waals surface area contributed by atoms with Crippen molar-refractivity contribution < 1.29 is 20.9 Å². The van der Waals surface area contributed by atoms with E-state index in [1.54, 1.807) is 0 Å². The third-order valence-electron chi connectivity index (χ3n) is 4.70. The van der Waals surface area contributed by atoms with E-state index in [1.165, 1.54) is 0 Å². The van der Waals surface area contributed by atoms with E-state index < -0.39 is 22.5 Å². The Labute approximate surface area is 175 Å². The summed E-state index contributed by atoms with van der Waals surface area (Å²) >= 11 is 0. The molecular weight excluding hydrogens is 384 g/mol. The van der Waals surface area contributed by atoms with Gasteiger partial charge in [0.25, 0.3) is 0 Å². The van der Waals surface area contributed by atoms with Crippen LogP contribution in [0.25, 0.3) is 0 Å². The minimum atomic E-state index is -0.918. The Hall–Kier alpha value is -2.98. The average Bonchev–Trinajstić information content (AvgIpc) is 2.74. The van der Waals surface area contributed by atoms with E-state index in [2.05, 4.69) is 10.6 Å². The van der Waals surface area contributed by atoms with Gasteiger partial charge >= 0.3 is 0 Å². The van der Waals surface area contributed by atoms with Crippen LogP contribution in [0.5, 0.6) is 0 Å². The third-order valence-corrected chi connectivity index (χ3v) is 4.70. The van der Waals surface area contributed by atoms with Crippen LogP contribution in [0.2, 0.25) is 0 Å². The van der Waals surface area contributed by atoms with Crippen LogP contribution >= 0.6 is 0 Å². The molecule has 0 fully saturated rings. The number of benzene rings is 3. The van der Waals surface area contributed by atoms with Gasteiger partial charge in [-0.25, -0.2) is 20.9 Å². The second kappa shape index (κ2) is 10.7. The predicted molar refractivity (Wildman–Crippen MR) is 114 cm³/mol. The lowest BCUT2D eigenvalue weighted by molar-refractivity contribution is -1.05. The zero-order valence-electron chi connectivity index (χ0n) is 16.4. The quantitative estimate of drug-likeness (QED) is 0.282. The molecule has 0 aliphatic rings. The van der Waals surface area contributed by atoms with Crippen LogP contribution < -0.4 is 21.1 Å². The number of hydrogen-bond acceptors (Lipinski definition) is 6. The summed E-state index contributed by atoms with van der Waals surface area (Å²) in [6.07, 6.45) is 0. The van der Waals surface area contributed by atoms with Crippen molar-refractivity contribution in [2.24, 2.45) is 0 Å². The largest absolute Gasteiger partial charge is 0.600 e. The second-order valence-corrected chi connectivity index (χ2v) is 6.99. The molecule has 158 valence electrons. The van der Waals surface area contributed by atoms with E-state index in [1.807, 2.05) is 84.9 Å². The first kappa shape index (κ1) is 21.7. The Bertz CT molecular complexity index is 823. The van der Waals surface area contributed by atoms with Gasteiger partial charge in [-0.2, -0.15) is 0 Å². The molecule has 0 saturated heterocycles. The smallest absolute Gasteiger partial charge is 0.131 e. The van der Waals surface area contributed by atoms with Crippen molar-refractivity contribution in [1.29, 1.82) is 0 Å². The molecule has 0 aliphatic carbocycles. The van der Waals surface area contributed by atoms with Crippen molar-refractivity contribution in [1.82, 2.24) is 0 Å². The molecule has 0 bridgehead atoms. The number of para-hydroxylation sites is 2. The normalized spacial score (nSPS) is 15.1. The van der Waals surface area contributed by atoms with Crippen LogP contribution in [0.15, 0.2) is 84.9 Å². The summed E-state index contributed by atoms with van der Waals surface area (Å²) in [5.74, 6) is 0. The monoisotopic (exact) mass is 410 g/mol. The van der Waals surface area contributed by atoms with Gasteiger partial charge in [-0.05, 0) is 35.4 Å². The van der Waals surface area contributed by atoms with E-state index in [9.17, 15) is 20.8 Å². The summed E-state index contributed by atoms with van der Waals surface area (Å²) in [5, 5.41) is 46.4. The fourth-order valence-electron chi connectivity index (χ4n) is 3.32. The summed E-state index contributed by atoms with van der Waals surface area (Å²) in [7, 11) is 0. The van der Waals surface area contributed by atoms with Gasteiger partial charge in [-0.3, -0.25) is 0 Å². The number of quaternary nitrogens is 2. The van der Waals surface area contributed by atoms with Gasteiger partial charge in [-0.15, -0.1) is 0 Å². The van der Waals surface area contributed by atoms with E-state index in [0.717, 1.165) is 22.5 Å². The Morgan fingerprint density at radius 1 is 0.633 bits per heavy atom. The highest BCUT2D eigenvalue weighted by Gasteiger charge is 2.20. The van der Waals surface area contributed by atoms with Crippen molar-refractivity contribution in [3.8, 4) is 0 Å². The fourth-order valence-corrected chi connectivity index (χ4v) is 3.32. The lowest BCUT2D eigenvalue weighted by Gasteiger charge is -2.26. The van der Waals surface area contributed by atoms with Crippen LogP contribution in [-0.4, -0.2) is 23.5 Å². The molecule has 3 rings (SSSR count). The first-order valence-electron chi connectivity index (χ1n) is 9.68. The first-order valence-corrected chi connectivity index (χ1v) is 9.68. The topological polar surface area (TPSA) is 120 Å². The average molecular weight is 410 g/mol. The molecule has 8 nitrogen and oxygen atoms in total. The number of hydroxylamine groups is 4. The summed E-state index contributed by atoms with van der Waals surface area (Å²) < 4.78 is 0. The molecular formula is C22H26N4O4. The summed E-state index contributed by atoms with van der Waals surface area (Å²) in [6, 6.07) is 25.3. The van der Waals surface area contributed by atoms with Crippen LogP contribution in [-0.2, 0) is 0 Å². The summed E-state index contributed by atoms with van der Waals surface area (Å²) in [4.78, 5) is 0. The maximum atomic E-state index is 11.4. The van der Waals surface area contributed by atoms with Crippen molar-refractivity contribution in [2.75, 3.05) is 23.7 Å². The molecule has 3 aromatic rings. The minimum absolute atomic E-state index is 0.103. The van der Waals surface area contributed by atoms with E-state index in [-0.39, 0.29) is 13.1 Å². The standard InChI is InChI=1S/C22H26N4O4/c27-25(28)15-21(23-19-10-3-1-4-11-19)17-8-7-9-18(14-17)22(16-26(29)30)24-20-12-5-2-6-13-20/h1-14,21-27,29H,15-16H2/t21-,22+. The molecule has 0 heterocycles. The Morgan fingerprint density at radius 2 is 1.03 bits per heavy atom. The van der Waals surface area contributed by atoms with Gasteiger partial charge in [-0.1, -0.05) is 60.7 Å². The van der Waals surface area contributed by atoms with Gasteiger partial charge in [0, 0.05) is 11.4 Å². The Balaban J connectivity index is 1.87. The van der Waals surface area contributed by atoms with E-state index >= 15 is 0 Å². The number of nitrogens with one attached hydrogen (secondary N) is 4. The summed E-state index contributed by atoms with van der Waals surface area (Å²) in [5.41, 5.74) is 3.20. The molecule has 0 spiro atoms. The molecule has 0 aromatic heterocycles. The van der Waals surface area contributed by atoms with Crippen molar-refractivity contribution >= 4 is 11.4 Å². The second-order valence-electron chi connectivity index (χ2n) is 6.99. The van der Waals surface area contributed by atoms with E-state index in [0.29, 0.717) is 0 Å². The molecule has 8 heteroatoms. The van der Waals surface area contributed by atoms with Crippen LogP contribution in [0.4, 0.5) is 11.4 Å². The zero-order valence-corrected chi connectivity index (χ0v) is 16.4. The highest BCUT2D eigenvalue weighted by atomic mass is 16.8. The lowest BCUT2D eigenvalue weighted by Crippen LogP contribution is -3.05. The Kier molecular flexibility index (Phi) is 7.75. The molecule has 0 aliphatic heterocycles. The van der Waals surface area contributed by atoms with Crippen LogP contribution in [0, 0.1) is 10.4 Å². The molecule has 30 heavy (non-hydrogen) atoms. The fraction of sp³-hybridized carbons (Fsp3) is 0.182. The third kappa shape index (κ3) is 6.53. The van der Waals surface area contributed by atoms with Crippen LogP contribution in [0.1, 0.15) is 23.2 Å². The van der Waals surface area contributed by atoms with Gasteiger partial charge in [0.2, 0.25) is 0 Å². The SMILES string of the molecule is [O-][NH+](O)C[C@H](Nc1ccccc1)c1cccc([C@@H](C[NH+]([O-])O)Nc2ccccc2)c1. The first-order chi connectivity index (χ1) is 14.5. The molecule has 6 N–H and O–H groups in total. The number of rotatable bonds is 10. The maximum absolute atomic E-state index is 11.4. The molecule has 0 amide bonds. The predicted octanol–water partition coefficient (Wildman–Crippen LogP) is 1.54. The molecule has 4 atom stereocenters. The highest BCUT2D eigenvalue weighted by molar-refractivity contribution is 5.48. The molecule has 0 radical (unpaired) electrons. The van der Waals surface area contributed by atoms with Crippen molar-refractivity contribution in [3.05, 3.63) is 106 Å². The van der Waals surface area contributed by atoms with Gasteiger partial charge < -0.3 is 21.0 Å². The van der Waals surface area contributed by atoms with Crippen molar-refractivity contribution in [3.63, 3.8) is 0 Å². The lowest BCUT2D eigenvalue weighted by atomic mass is 9.99.